The van der Waals surface area contributed by atoms with E-state index in [0.717, 1.165) is 30.2 Å². The van der Waals surface area contributed by atoms with Crippen LogP contribution in [-0.4, -0.2) is 24.0 Å². The Hall–Kier alpha value is -2.36. The predicted molar refractivity (Wildman–Crippen MR) is 108 cm³/mol. The Kier molecular flexibility index (Phi) is 5.60. The molecule has 1 saturated heterocycles. The topological polar surface area (TPSA) is 45.2 Å². The number of aromatic nitrogens is 1. The molecule has 1 aliphatic heterocycles. The number of para-hydroxylation sites is 1. The summed E-state index contributed by atoms with van der Waals surface area (Å²) < 4.78 is 0. The van der Waals surface area contributed by atoms with Crippen molar-refractivity contribution in [2.75, 3.05) is 23.3 Å². The number of benzene rings is 1. The van der Waals surface area contributed by atoms with Crippen molar-refractivity contribution in [3.05, 3.63) is 53.7 Å². The normalized spacial score (nSPS) is 15.4. The Balaban J connectivity index is 1.73. The Morgan fingerprint density at radius 2 is 1.69 bits per heavy atom. The van der Waals surface area contributed by atoms with Gasteiger partial charge < -0.3 is 10.2 Å². The molecule has 0 atom stereocenters. The van der Waals surface area contributed by atoms with Crippen LogP contribution in [0.25, 0.3) is 0 Å². The van der Waals surface area contributed by atoms with E-state index in [4.69, 9.17) is 0 Å². The lowest BCUT2D eigenvalue weighted by Gasteiger charge is -2.23. The molecule has 0 bridgehead atoms. The highest BCUT2D eigenvalue weighted by atomic mass is 16.1. The Labute approximate surface area is 156 Å². The van der Waals surface area contributed by atoms with Crippen LogP contribution in [0.5, 0.6) is 0 Å². The molecule has 0 spiro atoms. The molecule has 3 rings (SSSR count). The average molecular weight is 351 g/mol. The third-order valence-corrected chi connectivity index (χ3v) is 4.92. The summed E-state index contributed by atoms with van der Waals surface area (Å²) in [5.74, 6) is 0.857. The van der Waals surface area contributed by atoms with Crippen LogP contribution in [0.1, 0.15) is 62.4 Å². The number of rotatable bonds is 3. The highest BCUT2D eigenvalue weighted by molar-refractivity contribution is 6.04. The summed E-state index contributed by atoms with van der Waals surface area (Å²) in [4.78, 5) is 19.5. The molecule has 1 aromatic heterocycles. The quantitative estimate of drug-likeness (QED) is 0.845. The highest BCUT2D eigenvalue weighted by Crippen LogP contribution is 2.29. The van der Waals surface area contributed by atoms with Crippen molar-refractivity contribution in [1.82, 2.24) is 4.98 Å². The predicted octanol–water partition coefficient (Wildman–Crippen LogP) is 5.01. The van der Waals surface area contributed by atoms with Gasteiger partial charge in [-0.15, -0.1) is 0 Å². The van der Waals surface area contributed by atoms with E-state index in [9.17, 15) is 4.79 Å². The van der Waals surface area contributed by atoms with E-state index in [0.29, 0.717) is 5.56 Å². The molecule has 2 aromatic rings. The van der Waals surface area contributed by atoms with Crippen LogP contribution in [-0.2, 0) is 5.41 Å². The second kappa shape index (κ2) is 7.90. The monoisotopic (exact) mass is 351 g/mol. The van der Waals surface area contributed by atoms with E-state index < -0.39 is 0 Å². The van der Waals surface area contributed by atoms with Crippen molar-refractivity contribution in [3.63, 3.8) is 0 Å². The summed E-state index contributed by atoms with van der Waals surface area (Å²) in [6.07, 6.45) is 6.71. The number of hydrogen-bond donors (Lipinski definition) is 1. The lowest BCUT2D eigenvalue weighted by Crippen LogP contribution is -2.25. The van der Waals surface area contributed by atoms with Crippen molar-refractivity contribution in [1.29, 1.82) is 0 Å². The second-order valence-electron chi connectivity index (χ2n) is 8.06. The van der Waals surface area contributed by atoms with Gasteiger partial charge in [-0.2, -0.15) is 0 Å². The number of hydrogen-bond acceptors (Lipinski definition) is 3. The smallest absolute Gasteiger partial charge is 0.257 e. The molecule has 0 unspecified atom stereocenters. The standard InChI is InChI=1S/C22H29N3O/c1-22(2,3)18-10-6-7-11-19(18)24-21(26)17-12-13-20(23-16-17)25-14-8-4-5-9-15-25/h6-7,10-13,16H,4-5,8-9,14-15H2,1-3H3,(H,24,26). The minimum absolute atomic E-state index is 0.0290. The van der Waals surface area contributed by atoms with E-state index >= 15 is 0 Å². The van der Waals surface area contributed by atoms with Gasteiger partial charge in [0, 0.05) is 25.0 Å². The van der Waals surface area contributed by atoms with Gasteiger partial charge in [-0.1, -0.05) is 51.8 Å². The fourth-order valence-electron chi connectivity index (χ4n) is 3.45. The van der Waals surface area contributed by atoms with E-state index in [1.165, 1.54) is 25.7 Å². The van der Waals surface area contributed by atoms with Crippen LogP contribution in [0.2, 0.25) is 0 Å². The molecule has 2 heterocycles. The van der Waals surface area contributed by atoms with E-state index in [2.05, 4.69) is 42.0 Å². The van der Waals surface area contributed by atoms with Gasteiger partial charge in [-0.25, -0.2) is 4.98 Å². The molecule has 138 valence electrons. The van der Waals surface area contributed by atoms with Gasteiger partial charge in [0.1, 0.15) is 5.82 Å². The van der Waals surface area contributed by atoms with Gasteiger partial charge in [0.25, 0.3) is 5.91 Å². The molecular formula is C22H29N3O. The third kappa shape index (κ3) is 4.43. The van der Waals surface area contributed by atoms with Gasteiger partial charge in [-0.05, 0) is 42.0 Å². The third-order valence-electron chi connectivity index (χ3n) is 4.92. The Morgan fingerprint density at radius 3 is 2.31 bits per heavy atom. The molecule has 0 radical (unpaired) electrons. The maximum Gasteiger partial charge on any atom is 0.257 e. The first-order valence-corrected chi connectivity index (χ1v) is 9.57. The summed E-state index contributed by atoms with van der Waals surface area (Å²) >= 11 is 0. The van der Waals surface area contributed by atoms with E-state index in [1.807, 2.05) is 30.3 Å². The molecule has 1 N–H and O–H groups in total. The molecule has 26 heavy (non-hydrogen) atoms. The Morgan fingerprint density at radius 1 is 1.00 bits per heavy atom. The number of carbonyl (C=O) groups excluding carboxylic acids is 1. The fourth-order valence-corrected chi connectivity index (χ4v) is 3.45. The number of carbonyl (C=O) groups is 1. The van der Waals surface area contributed by atoms with Crippen LogP contribution in [0, 0.1) is 0 Å². The minimum Gasteiger partial charge on any atom is -0.357 e. The molecule has 0 saturated carbocycles. The largest absolute Gasteiger partial charge is 0.357 e. The molecule has 4 nitrogen and oxygen atoms in total. The summed E-state index contributed by atoms with van der Waals surface area (Å²) in [6, 6.07) is 11.8. The van der Waals surface area contributed by atoms with E-state index in [1.54, 1.807) is 6.20 Å². The summed E-state index contributed by atoms with van der Waals surface area (Å²) in [6.45, 7) is 8.55. The van der Waals surface area contributed by atoms with Crippen LogP contribution >= 0.6 is 0 Å². The maximum absolute atomic E-state index is 12.7. The van der Waals surface area contributed by atoms with Gasteiger partial charge in [-0.3, -0.25) is 4.79 Å². The van der Waals surface area contributed by atoms with Gasteiger partial charge >= 0.3 is 0 Å². The first kappa shape index (κ1) is 18.4. The number of amides is 1. The lowest BCUT2D eigenvalue weighted by atomic mass is 9.86. The molecule has 1 aliphatic rings. The van der Waals surface area contributed by atoms with E-state index in [-0.39, 0.29) is 11.3 Å². The van der Waals surface area contributed by atoms with Gasteiger partial charge in [0.2, 0.25) is 0 Å². The van der Waals surface area contributed by atoms with Crippen LogP contribution < -0.4 is 10.2 Å². The molecule has 1 fully saturated rings. The number of nitrogens with one attached hydrogen (secondary N) is 1. The summed E-state index contributed by atoms with van der Waals surface area (Å²) in [5.41, 5.74) is 2.55. The lowest BCUT2D eigenvalue weighted by molar-refractivity contribution is 0.102. The van der Waals surface area contributed by atoms with Crippen LogP contribution in [0.3, 0.4) is 0 Å². The second-order valence-corrected chi connectivity index (χ2v) is 8.06. The van der Waals surface area contributed by atoms with Crippen LogP contribution in [0.15, 0.2) is 42.6 Å². The Bertz CT molecular complexity index is 739. The van der Waals surface area contributed by atoms with Crippen LogP contribution in [0.4, 0.5) is 11.5 Å². The fraction of sp³-hybridized carbons (Fsp3) is 0.455. The van der Waals surface area contributed by atoms with Crippen molar-refractivity contribution in [2.45, 2.75) is 51.9 Å². The minimum atomic E-state index is -0.114. The zero-order chi connectivity index (χ0) is 18.6. The summed E-state index contributed by atoms with van der Waals surface area (Å²) in [7, 11) is 0. The average Bonchev–Trinajstić information content (AvgIpc) is 2.91. The summed E-state index contributed by atoms with van der Waals surface area (Å²) in [5, 5.41) is 3.05. The number of pyridine rings is 1. The molecule has 0 aliphatic carbocycles. The molecule has 1 aromatic carbocycles. The van der Waals surface area contributed by atoms with Gasteiger partial charge in [0.15, 0.2) is 0 Å². The molecule has 4 heteroatoms. The first-order valence-electron chi connectivity index (χ1n) is 9.57. The number of anilines is 2. The number of nitrogens with zero attached hydrogens (tertiary/aromatic N) is 2. The molecular weight excluding hydrogens is 322 g/mol. The maximum atomic E-state index is 12.7. The first-order chi connectivity index (χ1) is 12.4. The van der Waals surface area contributed by atoms with Crippen molar-refractivity contribution >= 4 is 17.4 Å². The van der Waals surface area contributed by atoms with Crippen molar-refractivity contribution in [3.8, 4) is 0 Å². The van der Waals surface area contributed by atoms with Crippen molar-refractivity contribution in [2.24, 2.45) is 0 Å². The van der Waals surface area contributed by atoms with Gasteiger partial charge in [0.05, 0.1) is 5.56 Å². The SMILES string of the molecule is CC(C)(C)c1ccccc1NC(=O)c1ccc(N2CCCCCC2)nc1. The highest BCUT2D eigenvalue weighted by Gasteiger charge is 2.19. The van der Waals surface area contributed by atoms with Crippen molar-refractivity contribution < 1.29 is 4.79 Å². The zero-order valence-electron chi connectivity index (χ0n) is 16.1. The molecule has 1 amide bonds. The zero-order valence-corrected chi connectivity index (χ0v) is 16.1.